The van der Waals surface area contributed by atoms with E-state index in [0.717, 1.165) is 39.3 Å². The van der Waals surface area contributed by atoms with Crippen molar-refractivity contribution >= 4 is 43.6 Å². The molecule has 1 heterocycles. The molecule has 0 aromatic heterocycles. The van der Waals surface area contributed by atoms with E-state index in [0.29, 0.717) is 16.4 Å². The highest BCUT2D eigenvalue weighted by molar-refractivity contribution is 8.72. The van der Waals surface area contributed by atoms with Gasteiger partial charge in [-0.15, -0.1) is 0 Å². The molecule has 1 aromatic rings. The Balaban J connectivity index is 1.68. The third-order valence-corrected chi connectivity index (χ3v) is 8.90. The van der Waals surface area contributed by atoms with Crippen LogP contribution in [0.4, 0.5) is 5.69 Å². The molecule has 1 aliphatic rings. The summed E-state index contributed by atoms with van der Waals surface area (Å²) in [6.07, 6.45) is 0.806. The average molecular weight is 447 g/mol. The van der Waals surface area contributed by atoms with Crippen molar-refractivity contribution in [2.75, 3.05) is 44.4 Å². The standard InChI is InChI=1S/C18H26N2O5S3/c1-18(2,7-8-19-9-11-25-12-10-19)17(21)26-13-14-27-28(24)16-5-3-15(4-6-16)20(22)23/h3-6H,7-14H2,1-2H3. The van der Waals surface area contributed by atoms with Crippen LogP contribution in [0, 0.1) is 15.5 Å². The number of non-ortho nitro benzene ring substituents is 1. The molecule has 0 radical (unpaired) electrons. The fourth-order valence-corrected chi connectivity index (χ4v) is 6.29. The second-order valence-corrected chi connectivity index (χ2v) is 11.3. The SMILES string of the molecule is CC(C)(CCN1CCOCC1)C(=O)SCCS[S+]([O-])c1ccc([N+](=O)[O-])cc1. The maximum absolute atomic E-state index is 12.5. The van der Waals surface area contributed by atoms with Gasteiger partial charge < -0.3 is 9.29 Å². The minimum absolute atomic E-state index is 0.0220. The highest BCUT2D eigenvalue weighted by Gasteiger charge is 2.28. The van der Waals surface area contributed by atoms with Crippen molar-refractivity contribution in [3.05, 3.63) is 34.4 Å². The van der Waals surface area contributed by atoms with E-state index in [4.69, 9.17) is 4.74 Å². The summed E-state index contributed by atoms with van der Waals surface area (Å²) >= 11 is 1.29. The van der Waals surface area contributed by atoms with E-state index in [1.165, 1.54) is 46.8 Å². The Labute approximate surface area is 176 Å². The van der Waals surface area contributed by atoms with Gasteiger partial charge in [0.15, 0.2) is 10.0 Å². The van der Waals surface area contributed by atoms with Gasteiger partial charge in [0.2, 0.25) is 0 Å². The predicted octanol–water partition coefficient (Wildman–Crippen LogP) is 3.36. The van der Waals surface area contributed by atoms with Gasteiger partial charge in [-0.3, -0.25) is 19.8 Å². The lowest BCUT2D eigenvalue weighted by Crippen LogP contribution is -2.39. The van der Waals surface area contributed by atoms with Gasteiger partial charge >= 0.3 is 0 Å². The summed E-state index contributed by atoms with van der Waals surface area (Å²) in [4.78, 5) is 25.6. The normalized spacial score (nSPS) is 16.7. The molecule has 0 N–H and O–H groups in total. The van der Waals surface area contributed by atoms with Crippen molar-refractivity contribution in [1.29, 1.82) is 0 Å². The zero-order valence-electron chi connectivity index (χ0n) is 16.1. The second-order valence-electron chi connectivity index (χ2n) is 7.03. The molecule has 7 nitrogen and oxygen atoms in total. The van der Waals surface area contributed by atoms with Crippen molar-refractivity contribution < 1.29 is 19.0 Å². The predicted molar refractivity (Wildman–Crippen MR) is 115 cm³/mol. The number of ether oxygens (including phenoxy) is 1. The minimum Gasteiger partial charge on any atom is -0.600 e. The van der Waals surface area contributed by atoms with Crippen molar-refractivity contribution in [2.45, 2.75) is 25.2 Å². The fourth-order valence-electron chi connectivity index (χ4n) is 2.55. The molecule has 1 unspecified atom stereocenters. The summed E-state index contributed by atoms with van der Waals surface area (Å²) in [5.41, 5.74) is -0.420. The molecule has 0 saturated carbocycles. The zero-order chi connectivity index (χ0) is 20.6. The molecule has 10 heteroatoms. The lowest BCUT2D eigenvalue weighted by molar-refractivity contribution is -0.384. The summed E-state index contributed by atoms with van der Waals surface area (Å²) in [6.45, 7) is 8.20. The van der Waals surface area contributed by atoms with Crippen LogP contribution in [0.15, 0.2) is 29.2 Å². The Morgan fingerprint density at radius 3 is 2.50 bits per heavy atom. The van der Waals surface area contributed by atoms with Gasteiger partial charge in [0.05, 0.1) is 44.9 Å². The van der Waals surface area contributed by atoms with Crippen molar-refractivity contribution in [3.63, 3.8) is 0 Å². The molecule has 0 spiro atoms. The van der Waals surface area contributed by atoms with Gasteiger partial charge in [0, 0.05) is 48.5 Å². The Hall–Kier alpha value is -0.780. The van der Waals surface area contributed by atoms with Gasteiger partial charge in [0.25, 0.3) is 5.69 Å². The molecule has 1 aliphatic heterocycles. The third kappa shape index (κ3) is 7.57. The van der Waals surface area contributed by atoms with Crippen molar-refractivity contribution in [3.8, 4) is 0 Å². The van der Waals surface area contributed by atoms with E-state index in [9.17, 15) is 19.5 Å². The third-order valence-electron chi connectivity index (χ3n) is 4.46. The second kappa shape index (κ2) is 11.4. The first-order chi connectivity index (χ1) is 13.3. The van der Waals surface area contributed by atoms with Crippen LogP contribution in [0.1, 0.15) is 20.3 Å². The molecule has 1 aromatic carbocycles. The summed E-state index contributed by atoms with van der Waals surface area (Å²) in [5.74, 6) is 1.16. The Morgan fingerprint density at radius 2 is 1.89 bits per heavy atom. The summed E-state index contributed by atoms with van der Waals surface area (Å²) in [7, 11) is -0.0570. The molecule has 2 rings (SSSR count). The van der Waals surface area contributed by atoms with Crippen LogP contribution in [-0.4, -0.2) is 63.8 Å². The van der Waals surface area contributed by atoms with Gasteiger partial charge in [0.1, 0.15) is 0 Å². The largest absolute Gasteiger partial charge is 0.600 e. The van der Waals surface area contributed by atoms with Crippen LogP contribution in [0.5, 0.6) is 0 Å². The van der Waals surface area contributed by atoms with Crippen LogP contribution in [0.25, 0.3) is 0 Å². The number of nitrogens with zero attached hydrogens (tertiary/aromatic N) is 2. The van der Waals surface area contributed by atoms with E-state index < -0.39 is 20.5 Å². The quantitative estimate of drug-likeness (QED) is 0.177. The average Bonchev–Trinajstić information content (AvgIpc) is 2.70. The van der Waals surface area contributed by atoms with Gasteiger partial charge in [-0.1, -0.05) is 25.6 Å². The number of morpholine rings is 1. The number of benzene rings is 1. The number of nitro groups is 1. The molecule has 1 fully saturated rings. The first kappa shape index (κ1) is 23.5. The molecule has 1 saturated heterocycles. The maximum atomic E-state index is 12.5. The van der Waals surface area contributed by atoms with Crippen LogP contribution < -0.4 is 0 Å². The van der Waals surface area contributed by atoms with Gasteiger partial charge in [-0.05, 0) is 13.0 Å². The molecule has 1 atom stereocenters. The highest BCUT2D eigenvalue weighted by atomic mass is 33.1. The summed E-state index contributed by atoms with van der Waals surface area (Å²) in [6, 6.07) is 5.72. The van der Waals surface area contributed by atoms with E-state index in [2.05, 4.69) is 4.90 Å². The number of hydrogen-bond acceptors (Lipinski definition) is 8. The Bertz CT molecular complexity index is 651. The number of carbonyl (C=O) groups is 1. The lowest BCUT2D eigenvalue weighted by atomic mass is 9.91. The molecular formula is C18H26N2O5S3. The van der Waals surface area contributed by atoms with Gasteiger partial charge in [-0.25, -0.2) is 0 Å². The van der Waals surface area contributed by atoms with Crippen molar-refractivity contribution in [1.82, 2.24) is 4.90 Å². The van der Waals surface area contributed by atoms with E-state index in [-0.39, 0.29) is 10.8 Å². The molecule has 0 amide bonds. The number of carbonyl (C=O) groups excluding carboxylic acids is 1. The maximum Gasteiger partial charge on any atom is 0.269 e. The summed E-state index contributed by atoms with van der Waals surface area (Å²) < 4.78 is 17.6. The van der Waals surface area contributed by atoms with E-state index in [1.54, 1.807) is 0 Å². The van der Waals surface area contributed by atoms with Crippen LogP contribution in [0.2, 0.25) is 0 Å². The van der Waals surface area contributed by atoms with E-state index >= 15 is 0 Å². The lowest BCUT2D eigenvalue weighted by Gasteiger charge is -2.30. The Morgan fingerprint density at radius 1 is 1.25 bits per heavy atom. The van der Waals surface area contributed by atoms with Crippen molar-refractivity contribution in [2.24, 2.45) is 5.41 Å². The zero-order valence-corrected chi connectivity index (χ0v) is 18.6. The Kier molecular flexibility index (Phi) is 9.58. The monoisotopic (exact) mass is 446 g/mol. The first-order valence-corrected chi connectivity index (χ1v) is 12.7. The molecule has 28 heavy (non-hydrogen) atoms. The van der Waals surface area contributed by atoms with Crippen LogP contribution in [0.3, 0.4) is 0 Å². The number of hydrogen-bond donors (Lipinski definition) is 0. The number of nitro benzene ring substituents is 1. The number of rotatable bonds is 10. The molecule has 156 valence electrons. The summed E-state index contributed by atoms with van der Waals surface area (Å²) in [5, 5.41) is 10.8. The molecule has 0 bridgehead atoms. The number of thioether (sulfide) groups is 1. The minimum atomic E-state index is -1.30. The van der Waals surface area contributed by atoms with Gasteiger partial charge in [-0.2, -0.15) is 0 Å². The van der Waals surface area contributed by atoms with Crippen LogP contribution >= 0.6 is 22.6 Å². The smallest absolute Gasteiger partial charge is 0.269 e. The topological polar surface area (TPSA) is 95.7 Å². The highest BCUT2D eigenvalue weighted by Crippen LogP contribution is 2.30. The van der Waals surface area contributed by atoms with E-state index in [1.807, 2.05) is 13.8 Å². The first-order valence-electron chi connectivity index (χ1n) is 9.06. The molecule has 0 aliphatic carbocycles. The fraction of sp³-hybridized carbons (Fsp3) is 0.611. The molecular weight excluding hydrogens is 420 g/mol. The van der Waals surface area contributed by atoms with Crippen LogP contribution in [-0.2, 0) is 19.7 Å².